The van der Waals surface area contributed by atoms with Crippen molar-refractivity contribution in [2.24, 2.45) is 5.92 Å². The average molecular weight is 357 g/mol. The van der Waals surface area contributed by atoms with Gasteiger partial charge in [0.05, 0.1) is 9.21 Å². The van der Waals surface area contributed by atoms with Crippen LogP contribution in [0.4, 0.5) is 4.79 Å². The number of amides is 2. The summed E-state index contributed by atoms with van der Waals surface area (Å²) in [7, 11) is 0. The first-order valence-electron chi connectivity index (χ1n) is 7.64. The maximum Gasteiger partial charge on any atom is 0.407 e. The monoisotopic (exact) mass is 356 g/mol. The Hall–Kier alpha value is -1.53. The van der Waals surface area contributed by atoms with Gasteiger partial charge in [0.15, 0.2) is 0 Å². The number of halogens is 1. The number of carbonyl (C=O) groups is 2. The lowest BCUT2D eigenvalue weighted by Crippen LogP contribution is -2.41. The minimum absolute atomic E-state index is 0.0160. The van der Waals surface area contributed by atoms with Gasteiger partial charge in [-0.2, -0.15) is 0 Å². The van der Waals surface area contributed by atoms with Gasteiger partial charge in [0.2, 0.25) is 0 Å². The Labute approximate surface area is 144 Å². The molecule has 2 rings (SSSR count). The Morgan fingerprint density at radius 1 is 1.48 bits per heavy atom. The second-order valence-electron chi connectivity index (χ2n) is 5.75. The Morgan fingerprint density at radius 2 is 2.17 bits per heavy atom. The van der Waals surface area contributed by atoms with Crippen molar-refractivity contribution in [3.05, 3.63) is 34.0 Å². The van der Waals surface area contributed by atoms with Gasteiger partial charge >= 0.3 is 6.09 Å². The quantitative estimate of drug-likeness (QED) is 0.760. The highest BCUT2D eigenvalue weighted by Gasteiger charge is 2.25. The van der Waals surface area contributed by atoms with Gasteiger partial charge in [-0.1, -0.05) is 17.7 Å². The first-order chi connectivity index (χ1) is 11.0. The fourth-order valence-electron chi connectivity index (χ4n) is 2.87. The van der Waals surface area contributed by atoms with E-state index < -0.39 is 6.09 Å². The van der Waals surface area contributed by atoms with E-state index in [0.717, 1.165) is 19.3 Å². The van der Waals surface area contributed by atoms with Crippen molar-refractivity contribution >= 4 is 34.9 Å². The predicted octanol–water partition coefficient (Wildman–Crippen LogP) is 3.86. The molecular weight excluding hydrogens is 336 g/mol. The third kappa shape index (κ3) is 5.25. The van der Waals surface area contributed by atoms with Gasteiger partial charge in [0.1, 0.15) is 0 Å². The normalized spacial score (nSPS) is 16.8. The zero-order valence-corrected chi connectivity index (χ0v) is 14.4. The molecule has 1 aliphatic heterocycles. The van der Waals surface area contributed by atoms with Crippen LogP contribution in [0, 0.1) is 5.92 Å². The fraction of sp³-hybridized carbons (Fsp3) is 0.500. The van der Waals surface area contributed by atoms with Crippen LogP contribution in [-0.2, 0) is 0 Å². The zero-order chi connectivity index (χ0) is 16.8. The van der Waals surface area contributed by atoms with Gasteiger partial charge in [0, 0.05) is 19.1 Å². The molecule has 0 spiro atoms. The number of likely N-dealkylation sites (tertiary alicyclic amines) is 1. The largest absolute Gasteiger partial charge is 0.465 e. The molecule has 1 saturated heterocycles. The molecule has 0 bridgehead atoms. The second-order valence-corrected chi connectivity index (χ2v) is 7.46. The number of nitrogens with zero attached hydrogens (tertiary/aromatic N) is 1. The van der Waals surface area contributed by atoms with Crippen LogP contribution in [0.15, 0.2) is 24.8 Å². The van der Waals surface area contributed by atoms with Crippen molar-refractivity contribution in [3.8, 4) is 0 Å². The molecule has 2 amide bonds. The van der Waals surface area contributed by atoms with Gasteiger partial charge in [-0.05, 0) is 43.7 Å². The standard InChI is InChI=1S/C16H21ClN2O3S/c1-2-3-12(18-15(20)13-4-5-14(17)23-13)10-11-6-8-19(9-7-11)16(21)22/h2,4-5,11-12H,1,3,6-10H2,(H,18,20)(H,21,22). The SMILES string of the molecule is C=CCC(CC1CCN(C(=O)O)CC1)NC(=O)c1ccc(Cl)s1. The fourth-order valence-corrected chi connectivity index (χ4v) is 3.82. The summed E-state index contributed by atoms with van der Waals surface area (Å²) in [4.78, 5) is 25.2. The van der Waals surface area contributed by atoms with E-state index >= 15 is 0 Å². The van der Waals surface area contributed by atoms with Crippen LogP contribution in [-0.4, -0.2) is 41.1 Å². The number of nitrogens with one attached hydrogen (secondary N) is 1. The molecule has 0 radical (unpaired) electrons. The minimum atomic E-state index is -0.853. The molecule has 1 aromatic heterocycles. The van der Waals surface area contributed by atoms with Crippen LogP contribution in [0.2, 0.25) is 4.34 Å². The molecule has 0 saturated carbocycles. The van der Waals surface area contributed by atoms with E-state index in [2.05, 4.69) is 11.9 Å². The van der Waals surface area contributed by atoms with Crippen LogP contribution in [0.1, 0.15) is 35.4 Å². The van der Waals surface area contributed by atoms with Crippen molar-refractivity contribution in [3.63, 3.8) is 0 Å². The van der Waals surface area contributed by atoms with Crippen LogP contribution in [0.25, 0.3) is 0 Å². The third-order valence-corrected chi connectivity index (χ3v) is 5.32. The van der Waals surface area contributed by atoms with Crippen molar-refractivity contribution in [2.75, 3.05) is 13.1 Å². The van der Waals surface area contributed by atoms with Gasteiger partial charge in [-0.25, -0.2) is 4.79 Å². The van der Waals surface area contributed by atoms with Gasteiger partial charge in [0.25, 0.3) is 5.91 Å². The lowest BCUT2D eigenvalue weighted by atomic mass is 9.89. The van der Waals surface area contributed by atoms with Crippen LogP contribution in [0.3, 0.4) is 0 Å². The summed E-state index contributed by atoms with van der Waals surface area (Å²) in [6, 6.07) is 3.45. The molecule has 2 N–H and O–H groups in total. The van der Waals surface area contributed by atoms with E-state index in [9.17, 15) is 9.59 Å². The maximum absolute atomic E-state index is 12.2. The van der Waals surface area contributed by atoms with E-state index in [1.807, 2.05) is 0 Å². The summed E-state index contributed by atoms with van der Waals surface area (Å²) in [6.45, 7) is 4.89. The lowest BCUT2D eigenvalue weighted by Gasteiger charge is -2.32. The average Bonchev–Trinajstić information content (AvgIpc) is 2.94. The van der Waals surface area contributed by atoms with Crippen LogP contribution in [0.5, 0.6) is 0 Å². The zero-order valence-electron chi connectivity index (χ0n) is 12.8. The highest BCUT2D eigenvalue weighted by Crippen LogP contribution is 2.25. The molecule has 1 aliphatic rings. The van der Waals surface area contributed by atoms with E-state index in [-0.39, 0.29) is 11.9 Å². The summed E-state index contributed by atoms with van der Waals surface area (Å²) < 4.78 is 0.594. The predicted molar refractivity (Wildman–Crippen MR) is 92.3 cm³/mol. The summed E-state index contributed by atoms with van der Waals surface area (Å²) in [5.74, 6) is 0.305. The minimum Gasteiger partial charge on any atom is -0.465 e. The summed E-state index contributed by atoms with van der Waals surface area (Å²) >= 11 is 7.13. The molecule has 5 nitrogen and oxygen atoms in total. The van der Waals surface area contributed by atoms with E-state index in [4.69, 9.17) is 16.7 Å². The number of carbonyl (C=O) groups excluding carboxylic acids is 1. The molecule has 1 unspecified atom stereocenters. The summed E-state index contributed by atoms with van der Waals surface area (Å²) in [5.41, 5.74) is 0. The Kier molecular flexibility index (Phi) is 6.47. The molecule has 7 heteroatoms. The summed E-state index contributed by atoms with van der Waals surface area (Å²) in [6.07, 6.45) is 4.16. The van der Waals surface area contributed by atoms with Crippen molar-refractivity contribution < 1.29 is 14.7 Å². The molecule has 0 aliphatic carbocycles. The van der Waals surface area contributed by atoms with Crippen LogP contribution < -0.4 is 5.32 Å². The third-order valence-electron chi connectivity index (χ3n) is 4.09. The highest BCUT2D eigenvalue weighted by molar-refractivity contribution is 7.17. The number of hydrogen-bond acceptors (Lipinski definition) is 3. The highest BCUT2D eigenvalue weighted by atomic mass is 35.5. The number of carboxylic acid groups (broad SMARTS) is 1. The van der Waals surface area contributed by atoms with E-state index in [1.54, 1.807) is 18.2 Å². The van der Waals surface area contributed by atoms with Crippen molar-refractivity contribution in [2.45, 2.75) is 31.7 Å². The molecule has 126 valence electrons. The molecule has 1 fully saturated rings. The molecule has 2 heterocycles. The van der Waals surface area contributed by atoms with Gasteiger partial charge in [-0.15, -0.1) is 17.9 Å². The van der Waals surface area contributed by atoms with E-state index in [0.29, 0.717) is 34.6 Å². The summed E-state index contributed by atoms with van der Waals surface area (Å²) in [5, 5.41) is 12.0. The lowest BCUT2D eigenvalue weighted by molar-refractivity contribution is 0.0928. The maximum atomic E-state index is 12.2. The Balaban J connectivity index is 1.87. The van der Waals surface area contributed by atoms with Crippen LogP contribution >= 0.6 is 22.9 Å². The molecular formula is C16H21ClN2O3S. The van der Waals surface area contributed by atoms with Gasteiger partial charge in [-0.3, -0.25) is 4.79 Å². The second kappa shape index (κ2) is 8.36. The first kappa shape index (κ1) is 17.8. The first-order valence-corrected chi connectivity index (χ1v) is 8.84. The van der Waals surface area contributed by atoms with E-state index in [1.165, 1.54) is 16.2 Å². The molecule has 1 atom stereocenters. The molecule has 0 aromatic carbocycles. The topological polar surface area (TPSA) is 69.6 Å². The number of thiophene rings is 1. The molecule has 23 heavy (non-hydrogen) atoms. The number of piperidine rings is 1. The van der Waals surface area contributed by atoms with Gasteiger partial charge < -0.3 is 15.3 Å². The smallest absolute Gasteiger partial charge is 0.407 e. The number of rotatable bonds is 6. The number of hydrogen-bond donors (Lipinski definition) is 2. The van der Waals surface area contributed by atoms with Crippen molar-refractivity contribution in [1.82, 2.24) is 10.2 Å². The van der Waals surface area contributed by atoms with Crippen molar-refractivity contribution in [1.29, 1.82) is 0 Å². The Morgan fingerprint density at radius 3 is 2.70 bits per heavy atom. The Bertz CT molecular complexity index is 567. The molecule has 1 aromatic rings.